The molecule has 0 aliphatic heterocycles. The third-order valence-electron chi connectivity index (χ3n) is 1.94. The van der Waals surface area contributed by atoms with Crippen LogP contribution in [0.4, 0.5) is 0 Å². The Bertz CT molecular complexity index is 480. The number of sulfone groups is 1. The molecule has 1 aromatic rings. The molecule has 15 heavy (non-hydrogen) atoms. The van der Waals surface area contributed by atoms with Crippen molar-refractivity contribution in [3.8, 4) is 0 Å². The highest BCUT2D eigenvalue weighted by Gasteiger charge is 2.20. The highest BCUT2D eigenvalue weighted by Crippen LogP contribution is 2.14. The minimum atomic E-state index is -3.56. The fourth-order valence-electron chi connectivity index (χ4n) is 1.04. The van der Waals surface area contributed by atoms with E-state index in [1.165, 1.54) is 31.2 Å². The second-order valence-electron chi connectivity index (χ2n) is 3.14. The molecular formula is C9H12N2O3S. The molecule has 0 saturated heterocycles. The molecule has 1 atom stereocenters. The lowest BCUT2D eigenvalue weighted by atomic mass is 10.2. The monoisotopic (exact) mass is 228 g/mol. The number of hydrogen-bond acceptors (Lipinski definition) is 4. The number of nitrogens with two attached hydrogens (primary N) is 2. The quantitative estimate of drug-likeness (QED) is 0.751. The van der Waals surface area contributed by atoms with E-state index < -0.39 is 21.1 Å². The van der Waals surface area contributed by atoms with Gasteiger partial charge in [-0.1, -0.05) is 6.07 Å². The highest BCUT2D eigenvalue weighted by molar-refractivity contribution is 7.92. The molecule has 0 fully saturated rings. The van der Waals surface area contributed by atoms with Crippen molar-refractivity contribution in [3.63, 3.8) is 0 Å². The fourth-order valence-corrected chi connectivity index (χ4v) is 2.03. The Morgan fingerprint density at radius 3 is 2.47 bits per heavy atom. The van der Waals surface area contributed by atoms with Gasteiger partial charge in [0.1, 0.15) is 5.37 Å². The molecule has 6 heteroatoms. The molecular weight excluding hydrogens is 216 g/mol. The van der Waals surface area contributed by atoms with E-state index in [0.717, 1.165) is 0 Å². The molecule has 0 heterocycles. The maximum atomic E-state index is 11.6. The van der Waals surface area contributed by atoms with E-state index in [9.17, 15) is 13.2 Å². The summed E-state index contributed by atoms with van der Waals surface area (Å²) in [5.74, 6) is -0.670. The van der Waals surface area contributed by atoms with Gasteiger partial charge >= 0.3 is 0 Å². The lowest BCUT2D eigenvalue weighted by molar-refractivity contribution is 0.1000. The lowest BCUT2D eigenvalue weighted by Crippen LogP contribution is -2.27. The Kier molecular flexibility index (Phi) is 3.11. The van der Waals surface area contributed by atoms with Gasteiger partial charge in [0.05, 0.1) is 4.90 Å². The number of rotatable bonds is 3. The Morgan fingerprint density at radius 1 is 1.40 bits per heavy atom. The summed E-state index contributed by atoms with van der Waals surface area (Å²) in [6.07, 6.45) is 0. The first kappa shape index (κ1) is 11.7. The van der Waals surface area contributed by atoms with Gasteiger partial charge in [-0.25, -0.2) is 8.42 Å². The van der Waals surface area contributed by atoms with Gasteiger partial charge in [0, 0.05) is 5.56 Å². The smallest absolute Gasteiger partial charge is 0.248 e. The molecule has 1 rings (SSSR count). The van der Waals surface area contributed by atoms with E-state index in [1.54, 1.807) is 0 Å². The fraction of sp³-hybridized carbons (Fsp3) is 0.222. The molecule has 0 aliphatic rings. The average molecular weight is 228 g/mol. The van der Waals surface area contributed by atoms with E-state index >= 15 is 0 Å². The maximum Gasteiger partial charge on any atom is 0.248 e. The molecule has 82 valence electrons. The zero-order valence-corrected chi connectivity index (χ0v) is 8.99. The molecule has 1 amide bonds. The zero-order valence-electron chi connectivity index (χ0n) is 8.17. The van der Waals surface area contributed by atoms with Crippen molar-refractivity contribution in [1.29, 1.82) is 0 Å². The Labute approximate surface area is 88.0 Å². The number of primary amides is 1. The number of carbonyl (C=O) groups is 1. The minimum Gasteiger partial charge on any atom is -0.366 e. The van der Waals surface area contributed by atoms with Crippen molar-refractivity contribution in [2.45, 2.75) is 17.2 Å². The van der Waals surface area contributed by atoms with Crippen molar-refractivity contribution < 1.29 is 13.2 Å². The lowest BCUT2D eigenvalue weighted by Gasteiger charge is -2.08. The predicted molar refractivity (Wildman–Crippen MR) is 55.8 cm³/mol. The van der Waals surface area contributed by atoms with Crippen LogP contribution in [0.15, 0.2) is 29.2 Å². The van der Waals surface area contributed by atoms with Crippen molar-refractivity contribution in [1.82, 2.24) is 0 Å². The van der Waals surface area contributed by atoms with Crippen molar-refractivity contribution >= 4 is 15.7 Å². The molecule has 0 saturated carbocycles. The maximum absolute atomic E-state index is 11.6. The molecule has 5 nitrogen and oxygen atoms in total. The van der Waals surface area contributed by atoms with Gasteiger partial charge in [0.2, 0.25) is 5.91 Å². The normalized spacial score (nSPS) is 13.5. The van der Waals surface area contributed by atoms with Crippen LogP contribution in [0.2, 0.25) is 0 Å². The second kappa shape index (κ2) is 4.00. The number of hydrogen-bond donors (Lipinski definition) is 2. The molecule has 0 aromatic heterocycles. The Hall–Kier alpha value is -1.40. The number of amides is 1. The largest absolute Gasteiger partial charge is 0.366 e. The second-order valence-corrected chi connectivity index (χ2v) is 5.45. The highest BCUT2D eigenvalue weighted by atomic mass is 32.2. The van der Waals surface area contributed by atoms with Crippen LogP contribution in [-0.2, 0) is 9.84 Å². The van der Waals surface area contributed by atoms with Crippen LogP contribution in [0.5, 0.6) is 0 Å². The van der Waals surface area contributed by atoms with Crippen LogP contribution in [-0.4, -0.2) is 19.7 Å². The van der Waals surface area contributed by atoms with Gasteiger partial charge < -0.3 is 11.5 Å². The third-order valence-corrected chi connectivity index (χ3v) is 3.83. The summed E-state index contributed by atoms with van der Waals surface area (Å²) in [5, 5.41) is -1.01. The van der Waals surface area contributed by atoms with Gasteiger partial charge in [-0.15, -0.1) is 0 Å². The van der Waals surface area contributed by atoms with Gasteiger partial charge in [-0.05, 0) is 25.1 Å². The summed E-state index contributed by atoms with van der Waals surface area (Å²) in [7, 11) is -3.56. The molecule has 4 N–H and O–H groups in total. The summed E-state index contributed by atoms with van der Waals surface area (Å²) in [6, 6.07) is 5.50. The molecule has 0 aliphatic carbocycles. The van der Waals surface area contributed by atoms with Crippen molar-refractivity contribution in [2.24, 2.45) is 11.5 Å². The van der Waals surface area contributed by atoms with Gasteiger partial charge in [0.15, 0.2) is 9.84 Å². The van der Waals surface area contributed by atoms with Crippen LogP contribution in [0.25, 0.3) is 0 Å². The Balaban J connectivity index is 3.29. The van der Waals surface area contributed by atoms with E-state index in [-0.39, 0.29) is 10.5 Å². The third kappa shape index (κ3) is 2.34. The van der Waals surface area contributed by atoms with E-state index in [2.05, 4.69) is 0 Å². The topological polar surface area (TPSA) is 103 Å². The average Bonchev–Trinajstić information content (AvgIpc) is 2.17. The van der Waals surface area contributed by atoms with Crippen LogP contribution < -0.4 is 11.5 Å². The minimum absolute atomic E-state index is 0.00815. The van der Waals surface area contributed by atoms with Gasteiger partial charge in [0.25, 0.3) is 0 Å². The van der Waals surface area contributed by atoms with E-state index in [1.807, 2.05) is 0 Å². The van der Waals surface area contributed by atoms with Crippen LogP contribution in [0.3, 0.4) is 0 Å². The Morgan fingerprint density at radius 2 is 2.00 bits per heavy atom. The molecule has 1 aromatic carbocycles. The summed E-state index contributed by atoms with van der Waals surface area (Å²) < 4.78 is 23.3. The number of benzene rings is 1. The van der Waals surface area contributed by atoms with Crippen LogP contribution in [0.1, 0.15) is 17.3 Å². The molecule has 0 radical (unpaired) electrons. The zero-order chi connectivity index (χ0) is 11.6. The summed E-state index contributed by atoms with van der Waals surface area (Å²) >= 11 is 0. The molecule has 0 spiro atoms. The number of carbonyl (C=O) groups excluding carboxylic acids is 1. The van der Waals surface area contributed by atoms with E-state index in [0.29, 0.717) is 0 Å². The van der Waals surface area contributed by atoms with Crippen molar-refractivity contribution in [2.75, 3.05) is 0 Å². The summed E-state index contributed by atoms with van der Waals surface area (Å²) in [6.45, 7) is 1.37. The standard InChI is InChI=1S/C9H12N2O3S/c1-6(10)15(13,14)8-4-2-3-7(5-8)9(11)12/h2-6H,10H2,1H3,(H2,11,12). The van der Waals surface area contributed by atoms with Crippen LogP contribution >= 0.6 is 0 Å². The summed E-state index contributed by atoms with van der Waals surface area (Å²) in [4.78, 5) is 10.9. The van der Waals surface area contributed by atoms with Gasteiger partial charge in [-0.2, -0.15) is 0 Å². The van der Waals surface area contributed by atoms with Crippen LogP contribution in [0, 0.1) is 0 Å². The first-order chi connectivity index (χ1) is 6.85. The molecule has 0 bridgehead atoms. The SMILES string of the molecule is CC(N)S(=O)(=O)c1cccc(C(N)=O)c1. The first-order valence-corrected chi connectivity index (χ1v) is 5.79. The van der Waals surface area contributed by atoms with Crippen molar-refractivity contribution in [3.05, 3.63) is 29.8 Å². The predicted octanol–water partition coefficient (Wildman–Crippen LogP) is -0.136. The first-order valence-electron chi connectivity index (χ1n) is 4.25. The van der Waals surface area contributed by atoms with E-state index in [4.69, 9.17) is 11.5 Å². The molecule has 1 unspecified atom stereocenters. The summed E-state index contributed by atoms with van der Waals surface area (Å²) in [5.41, 5.74) is 10.5. The van der Waals surface area contributed by atoms with Gasteiger partial charge in [-0.3, -0.25) is 4.79 Å².